The summed E-state index contributed by atoms with van der Waals surface area (Å²) in [5.41, 5.74) is 5.09. The van der Waals surface area contributed by atoms with Gasteiger partial charge in [-0.1, -0.05) is 19.1 Å². The molecule has 0 spiro atoms. The van der Waals surface area contributed by atoms with Crippen LogP contribution < -0.4 is 5.43 Å². The molecule has 1 amide bonds. The summed E-state index contributed by atoms with van der Waals surface area (Å²) in [5, 5.41) is 32.1. The van der Waals surface area contributed by atoms with Crippen LogP contribution in [0.2, 0.25) is 0 Å². The molecular weight excluding hydrogens is 360 g/mol. The van der Waals surface area contributed by atoms with Crippen LogP contribution >= 0.6 is 0 Å². The summed E-state index contributed by atoms with van der Waals surface area (Å²) >= 11 is 0. The highest BCUT2D eigenvalue weighted by Crippen LogP contribution is 2.31. The number of rotatable bonds is 5. The number of carbonyl (C=O) groups is 2. The molecule has 2 aromatic carbocycles. The first-order chi connectivity index (χ1) is 13.4. The third-order valence-electron chi connectivity index (χ3n) is 4.44. The first-order valence-electron chi connectivity index (χ1n) is 8.76. The maximum atomic E-state index is 11.5. The number of nitrogens with one attached hydrogen (secondary N) is 1. The van der Waals surface area contributed by atoms with E-state index in [1.54, 1.807) is 12.1 Å². The van der Waals surface area contributed by atoms with Crippen molar-refractivity contribution in [1.82, 2.24) is 5.43 Å². The molecule has 0 saturated carbocycles. The van der Waals surface area contributed by atoms with Crippen LogP contribution in [0.25, 0.3) is 0 Å². The number of aromatic hydroxyl groups is 2. The molecule has 8 heteroatoms. The molecule has 0 radical (unpaired) electrons. The van der Waals surface area contributed by atoms with E-state index in [1.165, 1.54) is 19.1 Å². The van der Waals surface area contributed by atoms with Crippen molar-refractivity contribution in [3.63, 3.8) is 0 Å². The molecule has 0 bridgehead atoms. The van der Waals surface area contributed by atoms with Crippen LogP contribution in [0.5, 0.6) is 11.5 Å². The van der Waals surface area contributed by atoms with Gasteiger partial charge in [0.1, 0.15) is 17.1 Å². The first kappa shape index (κ1) is 19.2. The Morgan fingerprint density at radius 1 is 1.21 bits per heavy atom. The minimum absolute atomic E-state index is 0.0363. The largest absolute Gasteiger partial charge is 0.507 e. The van der Waals surface area contributed by atoms with Gasteiger partial charge in [-0.3, -0.25) is 9.59 Å². The predicted molar refractivity (Wildman–Crippen MR) is 103 cm³/mol. The molecule has 2 aromatic rings. The molecule has 1 aliphatic heterocycles. The third-order valence-corrected chi connectivity index (χ3v) is 4.44. The van der Waals surface area contributed by atoms with Crippen molar-refractivity contribution in [2.75, 3.05) is 0 Å². The number of ketones is 1. The summed E-state index contributed by atoms with van der Waals surface area (Å²) in [7, 11) is 0. The number of hydrogen-bond acceptors (Lipinski definition) is 7. The number of hydrogen-bond donors (Lipinski definition) is 3. The molecule has 144 valence electrons. The number of amides is 1. The van der Waals surface area contributed by atoms with Crippen molar-refractivity contribution >= 4 is 23.1 Å². The second kappa shape index (κ2) is 7.99. The van der Waals surface area contributed by atoms with E-state index in [0.717, 1.165) is 11.3 Å². The quantitative estimate of drug-likeness (QED) is 0.543. The zero-order chi connectivity index (χ0) is 20.3. The second-order valence-corrected chi connectivity index (χ2v) is 6.61. The van der Waals surface area contributed by atoms with E-state index in [4.69, 9.17) is 0 Å². The van der Waals surface area contributed by atoms with Crippen molar-refractivity contribution in [3.05, 3.63) is 53.1 Å². The molecule has 0 aliphatic carbocycles. The third kappa shape index (κ3) is 4.06. The molecule has 3 rings (SSSR count). The SMILES string of the molecule is CC(=O)c1c(O)ccc(CN=Nc2ccc(C3=NNC(=O)CC3C)cc2)c1O. The summed E-state index contributed by atoms with van der Waals surface area (Å²) in [4.78, 5) is 22.9. The fourth-order valence-electron chi connectivity index (χ4n) is 2.99. The Bertz CT molecular complexity index is 980. The van der Waals surface area contributed by atoms with E-state index in [0.29, 0.717) is 17.7 Å². The number of azo groups is 1. The van der Waals surface area contributed by atoms with E-state index in [-0.39, 0.29) is 35.4 Å². The lowest BCUT2D eigenvalue weighted by molar-refractivity contribution is -0.121. The van der Waals surface area contributed by atoms with E-state index >= 15 is 0 Å². The minimum atomic E-state index is -0.430. The lowest BCUT2D eigenvalue weighted by Gasteiger charge is -2.19. The summed E-state index contributed by atoms with van der Waals surface area (Å²) in [5.74, 6) is -1.04. The number of phenolic OH excluding ortho intramolecular Hbond substituents is 2. The molecule has 0 fully saturated rings. The van der Waals surface area contributed by atoms with Crippen LogP contribution in [0.4, 0.5) is 5.69 Å². The summed E-state index contributed by atoms with van der Waals surface area (Å²) in [6.45, 7) is 3.28. The fourth-order valence-corrected chi connectivity index (χ4v) is 2.99. The highest BCUT2D eigenvalue weighted by atomic mass is 16.3. The van der Waals surface area contributed by atoms with Gasteiger partial charge in [0.2, 0.25) is 5.91 Å². The van der Waals surface area contributed by atoms with Crippen LogP contribution in [0.1, 0.15) is 41.8 Å². The van der Waals surface area contributed by atoms with Crippen molar-refractivity contribution in [2.45, 2.75) is 26.8 Å². The van der Waals surface area contributed by atoms with Crippen molar-refractivity contribution in [2.24, 2.45) is 21.2 Å². The van der Waals surface area contributed by atoms with E-state index < -0.39 is 5.78 Å². The fraction of sp³-hybridized carbons (Fsp3) is 0.250. The van der Waals surface area contributed by atoms with Crippen LogP contribution in [0.3, 0.4) is 0 Å². The van der Waals surface area contributed by atoms with E-state index in [1.807, 2.05) is 19.1 Å². The Balaban J connectivity index is 1.72. The lowest BCUT2D eigenvalue weighted by atomic mass is 9.94. The van der Waals surface area contributed by atoms with E-state index in [2.05, 4.69) is 20.8 Å². The van der Waals surface area contributed by atoms with Gasteiger partial charge >= 0.3 is 0 Å². The number of benzene rings is 2. The number of carbonyl (C=O) groups excluding carboxylic acids is 2. The summed E-state index contributed by atoms with van der Waals surface area (Å²) in [6.07, 6.45) is 0.401. The highest BCUT2D eigenvalue weighted by molar-refractivity contribution is 6.05. The Hall–Kier alpha value is -3.55. The predicted octanol–water partition coefficient (Wildman–Crippen LogP) is 3.44. The molecule has 1 heterocycles. The topological polar surface area (TPSA) is 124 Å². The van der Waals surface area contributed by atoms with Gasteiger partial charge in [0.15, 0.2) is 5.78 Å². The molecule has 28 heavy (non-hydrogen) atoms. The second-order valence-electron chi connectivity index (χ2n) is 6.61. The Kier molecular flexibility index (Phi) is 5.49. The molecule has 0 aromatic heterocycles. The van der Waals surface area contributed by atoms with Crippen LogP contribution in [-0.4, -0.2) is 27.6 Å². The lowest BCUT2D eigenvalue weighted by Crippen LogP contribution is -2.31. The number of phenols is 2. The average molecular weight is 380 g/mol. The van der Waals surface area contributed by atoms with Gasteiger partial charge in [0.25, 0.3) is 0 Å². The van der Waals surface area contributed by atoms with E-state index in [9.17, 15) is 19.8 Å². The Morgan fingerprint density at radius 2 is 1.93 bits per heavy atom. The number of nitrogens with zero attached hydrogens (tertiary/aromatic N) is 3. The number of hydrazone groups is 1. The van der Waals surface area contributed by atoms with Gasteiger partial charge in [0.05, 0.1) is 17.9 Å². The van der Waals surface area contributed by atoms with Gasteiger partial charge in [0, 0.05) is 17.9 Å². The molecule has 1 unspecified atom stereocenters. The normalized spacial score (nSPS) is 16.7. The zero-order valence-electron chi connectivity index (χ0n) is 15.5. The summed E-state index contributed by atoms with van der Waals surface area (Å²) < 4.78 is 0. The first-order valence-corrected chi connectivity index (χ1v) is 8.76. The number of Topliss-reactive ketones (excluding diaryl/α,β-unsaturated/α-hetero) is 1. The minimum Gasteiger partial charge on any atom is -0.507 e. The smallest absolute Gasteiger partial charge is 0.240 e. The van der Waals surface area contributed by atoms with Crippen molar-refractivity contribution < 1.29 is 19.8 Å². The maximum Gasteiger partial charge on any atom is 0.240 e. The Labute approximate surface area is 161 Å². The van der Waals surface area contributed by atoms with Crippen molar-refractivity contribution in [1.29, 1.82) is 0 Å². The van der Waals surface area contributed by atoms with Gasteiger partial charge in [-0.25, -0.2) is 5.43 Å². The van der Waals surface area contributed by atoms with Gasteiger partial charge in [-0.2, -0.15) is 15.3 Å². The highest BCUT2D eigenvalue weighted by Gasteiger charge is 2.21. The van der Waals surface area contributed by atoms with Crippen LogP contribution in [-0.2, 0) is 11.3 Å². The Morgan fingerprint density at radius 3 is 2.57 bits per heavy atom. The zero-order valence-corrected chi connectivity index (χ0v) is 15.5. The standard InChI is InChI=1S/C20H20N4O4/c1-11-9-17(27)23-24-19(11)13-3-6-15(7-4-13)22-21-10-14-5-8-16(26)18(12(2)25)20(14)28/h3-8,11,26,28H,9-10H2,1-2H3,(H,23,27). The van der Waals surface area contributed by atoms with Gasteiger partial charge < -0.3 is 10.2 Å². The molecule has 3 N–H and O–H groups in total. The monoisotopic (exact) mass is 380 g/mol. The maximum absolute atomic E-state index is 11.5. The van der Waals surface area contributed by atoms with Gasteiger partial charge in [-0.05, 0) is 36.8 Å². The molecule has 8 nitrogen and oxygen atoms in total. The van der Waals surface area contributed by atoms with Crippen molar-refractivity contribution in [3.8, 4) is 11.5 Å². The molecule has 1 atom stereocenters. The van der Waals surface area contributed by atoms with Crippen LogP contribution in [0.15, 0.2) is 51.7 Å². The van der Waals surface area contributed by atoms with Crippen LogP contribution in [0, 0.1) is 5.92 Å². The van der Waals surface area contributed by atoms with Gasteiger partial charge in [-0.15, -0.1) is 0 Å². The molecule has 1 aliphatic rings. The molecule has 0 saturated heterocycles. The average Bonchev–Trinajstić information content (AvgIpc) is 2.64. The molecular formula is C20H20N4O4. The summed E-state index contributed by atoms with van der Waals surface area (Å²) in [6, 6.07) is 10.1.